The Morgan fingerprint density at radius 1 is 1.15 bits per heavy atom. The summed E-state index contributed by atoms with van der Waals surface area (Å²) in [6, 6.07) is 15.3. The summed E-state index contributed by atoms with van der Waals surface area (Å²) in [4.78, 5) is 32.0. The SMILES string of the molecule is COc1ccccc1[C@H]1C(=C(O)c2ccc3c(c2)C[C@H](C)O3)C(=O)C(=O)N1Cc1ccncc1. The third-order valence-corrected chi connectivity index (χ3v) is 6.25. The second-order valence-corrected chi connectivity index (χ2v) is 8.48. The van der Waals surface area contributed by atoms with E-state index in [0.29, 0.717) is 23.3 Å². The van der Waals surface area contributed by atoms with E-state index in [2.05, 4.69) is 4.98 Å². The number of carbonyl (C=O) groups is 2. The Kier molecular flexibility index (Phi) is 5.53. The van der Waals surface area contributed by atoms with E-state index in [1.165, 1.54) is 12.0 Å². The van der Waals surface area contributed by atoms with E-state index in [1.807, 2.05) is 25.1 Å². The van der Waals surface area contributed by atoms with Crippen LogP contribution in [0, 0.1) is 0 Å². The molecular formula is C27H24N2O5. The van der Waals surface area contributed by atoms with Crippen molar-refractivity contribution in [2.24, 2.45) is 0 Å². The number of nitrogens with zero attached hydrogens (tertiary/aromatic N) is 2. The van der Waals surface area contributed by atoms with Crippen LogP contribution in [0.15, 0.2) is 72.6 Å². The van der Waals surface area contributed by atoms with Crippen LogP contribution in [0.4, 0.5) is 0 Å². The molecule has 0 aliphatic carbocycles. The molecule has 34 heavy (non-hydrogen) atoms. The van der Waals surface area contributed by atoms with Gasteiger partial charge in [0.2, 0.25) is 0 Å². The first-order valence-corrected chi connectivity index (χ1v) is 11.1. The quantitative estimate of drug-likeness (QED) is 0.354. The molecule has 172 valence electrons. The highest BCUT2D eigenvalue weighted by Crippen LogP contribution is 2.44. The highest BCUT2D eigenvalue weighted by Gasteiger charge is 2.47. The second-order valence-electron chi connectivity index (χ2n) is 8.48. The van der Waals surface area contributed by atoms with Gasteiger partial charge in [0, 0.05) is 36.5 Å². The number of aliphatic hydroxyl groups excluding tert-OH is 1. The lowest BCUT2D eigenvalue weighted by Crippen LogP contribution is -2.29. The summed E-state index contributed by atoms with van der Waals surface area (Å²) in [6.45, 7) is 2.16. The maximum Gasteiger partial charge on any atom is 0.295 e. The topological polar surface area (TPSA) is 89.0 Å². The van der Waals surface area contributed by atoms with Crippen LogP contribution in [-0.4, -0.2) is 39.9 Å². The maximum absolute atomic E-state index is 13.3. The number of aliphatic hydroxyl groups is 1. The molecule has 3 aromatic rings. The van der Waals surface area contributed by atoms with Crippen LogP contribution in [0.2, 0.25) is 0 Å². The predicted molar refractivity (Wildman–Crippen MR) is 125 cm³/mol. The summed E-state index contributed by atoms with van der Waals surface area (Å²) in [5.74, 6) is -0.325. The van der Waals surface area contributed by atoms with Crippen molar-refractivity contribution in [3.05, 3.63) is 94.8 Å². The number of para-hydroxylation sites is 1. The number of benzene rings is 2. The Hall–Kier alpha value is -4.13. The summed E-state index contributed by atoms with van der Waals surface area (Å²) in [6.07, 6.45) is 4.03. The number of rotatable bonds is 5. The Labute approximate surface area is 197 Å². The van der Waals surface area contributed by atoms with Gasteiger partial charge in [-0.25, -0.2) is 0 Å². The van der Waals surface area contributed by atoms with Crippen molar-refractivity contribution in [2.45, 2.75) is 32.0 Å². The van der Waals surface area contributed by atoms with E-state index >= 15 is 0 Å². The third-order valence-electron chi connectivity index (χ3n) is 6.25. The molecule has 5 rings (SSSR count). The van der Waals surface area contributed by atoms with Crippen LogP contribution in [0.25, 0.3) is 5.76 Å². The van der Waals surface area contributed by atoms with Crippen molar-refractivity contribution in [2.75, 3.05) is 7.11 Å². The Bertz CT molecular complexity index is 1300. The first kappa shape index (κ1) is 21.7. The van der Waals surface area contributed by atoms with E-state index in [1.54, 1.807) is 48.8 Å². The molecule has 1 fully saturated rings. The van der Waals surface area contributed by atoms with E-state index in [9.17, 15) is 14.7 Å². The minimum atomic E-state index is -0.812. The molecule has 0 spiro atoms. The van der Waals surface area contributed by atoms with Gasteiger partial charge in [0.05, 0.1) is 18.7 Å². The van der Waals surface area contributed by atoms with Crippen LogP contribution in [-0.2, 0) is 22.6 Å². The zero-order valence-corrected chi connectivity index (χ0v) is 18.9. The maximum atomic E-state index is 13.3. The lowest BCUT2D eigenvalue weighted by atomic mass is 9.93. The fraction of sp³-hybridized carbons (Fsp3) is 0.222. The molecule has 0 unspecified atom stereocenters. The monoisotopic (exact) mass is 456 g/mol. The van der Waals surface area contributed by atoms with Gasteiger partial charge < -0.3 is 19.5 Å². The van der Waals surface area contributed by atoms with Crippen molar-refractivity contribution in [1.82, 2.24) is 9.88 Å². The minimum Gasteiger partial charge on any atom is -0.507 e. The van der Waals surface area contributed by atoms with Crippen LogP contribution in [0.1, 0.15) is 35.2 Å². The zero-order valence-electron chi connectivity index (χ0n) is 18.9. The van der Waals surface area contributed by atoms with Gasteiger partial charge >= 0.3 is 0 Å². The third kappa shape index (κ3) is 3.69. The van der Waals surface area contributed by atoms with Crippen molar-refractivity contribution in [3.8, 4) is 11.5 Å². The van der Waals surface area contributed by atoms with Gasteiger partial charge in [-0.1, -0.05) is 18.2 Å². The van der Waals surface area contributed by atoms with E-state index in [0.717, 1.165) is 16.9 Å². The molecule has 2 atom stereocenters. The summed E-state index contributed by atoms with van der Waals surface area (Å²) in [5, 5.41) is 11.4. The summed E-state index contributed by atoms with van der Waals surface area (Å²) in [5.41, 5.74) is 2.91. The average Bonchev–Trinajstić information content (AvgIpc) is 3.35. The predicted octanol–water partition coefficient (Wildman–Crippen LogP) is 4.04. The van der Waals surface area contributed by atoms with Gasteiger partial charge in [0.1, 0.15) is 23.4 Å². The minimum absolute atomic E-state index is 0.0375. The summed E-state index contributed by atoms with van der Waals surface area (Å²) >= 11 is 0. The highest BCUT2D eigenvalue weighted by atomic mass is 16.5. The molecule has 2 aliphatic rings. The number of Topliss-reactive ketones (excluding diaryl/α,β-unsaturated/α-hetero) is 1. The van der Waals surface area contributed by atoms with E-state index in [-0.39, 0.29) is 24.0 Å². The number of ether oxygens (including phenoxy) is 2. The Morgan fingerprint density at radius 2 is 1.91 bits per heavy atom. The number of carbonyl (C=O) groups excluding carboxylic acids is 2. The fourth-order valence-corrected chi connectivity index (χ4v) is 4.67. The molecular weight excluding hydrogens is 432 g/mol. The van der Waals surface area contributed by atoms with E-state index < -0.39 is 17.7 Å². The molecule has 7 nitrogen and oxygen atoms in total. The van der Waals surface area contributed by atoms with Crippen molar-refractivity contribution >= 4 is 17.4 Å². The number of fused-ring (bicyclic) bond motifs is 1. The molecule has 2 aliphatic heterocycles. The molecule has 1 saturated heterocycles. The number of hydrogen-bond acceptors (Lipinski definition) is 6. The van der Waals surface area contributed by atoms with Gasteiger partial charge in [0.25, 0.3) is 11.7 Å². The smallest absolute Gasteiger partial charge is 0.295 e. The van der Waals surface area contributed by atoms with Gasteiger partial charge in [-0.2, -0.15) is 0 Å². The molecule has 0 bridgehead atoms. The average molecular weight is 456 g/mol. The van der Waals surface area contributed by atoms with Crippen LogP contribution >= 0.6 is 0 Å². The van der Waals surface area contributed by atoms with Gasteiger partial charge in [0.15, 0.2) is 0 Å². The summed E-state index contributed by atoms with van der Waals surface area (Å²) in [7, 11) is 1.54. The normalized spacial score (nSPS) is 20.8. The standard InChI is InChI=1S/C27H24N2O5/c1-16-13-19-14-18(7-8-21(19)34-16)25(30)23-24(20-5-3-4-6-22(20)33-2)29(27(32)26(23)31)15-17-9-11-28-12-10-17/h3-12,14,16,24,30H,13,15H2,1-2H3/t16-,24-/m0/s1. The van der Waals surface area contributed by atoms with Crippen molar-refractivity contribution < 1.29 is 24.2 Å². The molecule has 7 heteroatoms. The number of amides is 1. The van der Waals surface area contributed by atoms with Gasteiger partial charge in [-0.15, -0.1) is 0 Å². The molecule has 1 aromatic heterocycles. The van der Waals surface area contributed by atoms with Crippen LogP contribution < -0.4 is 9.47 Å². The first-order valence-electron chi connectivity index (χ1n) is 11.1. The van der Waals surface area contributed by atoms with Gasteiger partial charge in [-0.05, 0) is 54.4 Å². The van der Waals surface area contributed by atoms with Crippen molar-refractivity contribution in [3.63, 3.8) is 0 Å². The Balaban J connectivity index is 1.66. The number of methoxy groups -OCH3 is 1. The number of pyridine rings is 1. The Morgan fingerprint density at radius 3 is 2.68 bits per heavy atom. The van der Waals surface area contributed by atoms with Crippen molar-refractivity contribution in [1.29, 1.82) is 0 Å². The second kappa shape index (κ2) is 8.67. The molecule has 2 aromatic carbocycles. The highest BCUT2D eigenvalue weighted by molar-refractivity contribution is 6.46. The lowest BCUT2D eigenvalue weighted by molar-refractivity contribution is -0.140. The molecule has 1 amide bonds. The van der Waals surface area contributed by atoms with Gasteiger partial charge in [-0.3, -0.25) is 14.6 Å². The molecule has 3 heterocycles. The largest absolute Gasteiger partial charge is 0.507 e. The van der Waals surface area contributed by atoms with E-state index in [4.69, 9.17) is 9.47 Å². The van der Waals surface area contributed by atoms with Crippen LogP contribution in [0.5, 0.6) is 11.5 Å². The number of likely N-dealkylation sites (tertiary alicyclic amines) is 1. The number of ketones is 1. The van der Waals surface area contributed by atoms with Crippen LogP contribution in [0.3, 0.4) is 0 Å². The first-order chi connectivity index (χ1) is 16.5. The molecule has 1 N–H and O–H groups in total. The molecule has 0 radical (unpaired) electrons. The fourth-order valence-electron chi connectivity index (χ4n) is 4.67. The number of hydrogen-bond donors (Lipinski definition) is 1. The molecule has 0 saturated carbocycles. The summed E-state index contributed by atoms with van der Waals surface area (Å²) < 4.78 is 11.3. The lowest BCUT2D eigenvalue weighted by Gasteiger charge is -2.26. The zero-order chi connectivity index (χ0) is 23.8. The number of aromatic nitrogens is 1.